The van der Waals surface area contributed by atoms with Crippen molar-refractivity contribution in [2.75, 3.05) is 46.4 Å². The maximum atomic E-state index is 5.75. The fourth-order valence-electron chi connectivity index (χ4n) is 2.47. The lowest BCUT2D eigenvalue weighted by Gasteiger charge is -2.21. The van der Waals surface area contributed by atoms with Gasteiger partial charge in [-0.2, -0.15) is 0 Å². The van der Waals surface area contributed by atoms with Crippen LogP contribution in [-0.2, 0) is 6.54 Å². The van der Waals surface area contributed by atoms with Crippen LogP contribution in [0.15, 0.2) is 24.3 Å². The van der Waals surface area contributed by atoms with E-state index in [1.807, 2.05) is 24.3 Å². The van der Waals surface area contributed by atoms with Crippen molar-refractivity contribution in [3.05, 3.63) is 29.8 Å². The molecule has 1 aromatic rings. The smallest absolute Gasteiger partial charge is 0.119 e. The Bertz CT molecular complexity index is 374. The summed E-state index contributed by atoms with van der Waals surface area (Å²) in [6.07, 6.45) is 2.73. The van der Waals surface area contributed by atoms with E-state index in [4.69, 9.17) is 10.5 Å². The summed E-state index contributed by atoms with van der Waals surface area (Å²) in [6.45, 7) is 7.14. The molecule has 0 aromatic heterocycles. The predicted octanol–water partition coefficient (Wildman–Crippen LogP) is 1.55. The van der Waals surface area contributed by atoms with Gasteiger partial charge in [0.1, 0.15) is 12.4 Å². The highest BCUT2D eigenvalue weighted by Crippen LogP contribution is 2.11. The first-order chi connectivity index (χ1) is 9.78. The van der Waals surface area contributed by atoms with Gasteiger partial charge in [0, 0.05) is 26.2 Å². The van der Waals surface area contributed by atoms with Crippen LogP contribution in [0.25, 0.3) is 0 Å². The van der Waals surface area contributed by atoms with E-state index in [9.17, 15) is 0 Å². The van der Waals surface area contributed by atoms with Gasteiger partial charge in [-0.1, -0.05) is 12.1 Å². The average Bonchev–Trinajstić information content (AvgIpc) is 2.99. The Morgan fingerprint density at radius 2 is 1.85 bits per heavy atom. The van der Waals surface area contributed by atoms with Crippen LogP contribution in [0.2, 0.25) is 0 Å². The van der Waals surface area contributed by atoms with E-state index in [2.05, 4.69) is 16.8 Å². The standard InChI is InChI=1S/C16H27N3O/c1-18(10-11-19-8-2-3-9-19)12-13-20-16-6-4-15(14-17)5-7-16/h4-7H,2-3,8-14,17H2,1H3. The van der Waals surface area contributed by atoms with Gasteiger partial charge in [-0.05, 0) is 50.7 Å². The zero-order valence-electron chi connectivity index (χ0n) is 12.6. The van der Waals surface area contributed by atoms with E-state index in [1.54, 1.807) is 0 Å². The maximum Gasteiger partial charge on any atom is 0.119 e. The molecule has 0 spiro atoms. The normalized spacial score (nSPS) is 15.9. The van der Waals surface area contributed by atoms with Crippen LogP contribution in [0, 0.1) is 0 Å². The molecule has 4 nitrogen and oxygen atoms in total. The van der Waals surface area contributed by atoms with Crippen molar-refractivity contribution < 1.29 is 4.74 Å². The molecule has 4 heteroatoms. The Morgan fingerprint density at radius 3 is 2.50 bits per heavy atom. The number of nitrogens with two attached hydrogens (primary N) is 1. The van der Waals surface area contributed by atoms with Crippen molar-refractivity contribution in [3.63, 3.8) is 0 Å². The first-order valence-corrected chi connectivity index (χ1v) is 7.60. The van der Waals surface area contributed by atoms with Crippen molar-refractivity contribution in [1.29, 1.82) is 0 Å². The highest BCUT2D eigenvalue weighted by atomic mass is 16.5. The molecule has 1 fully saturated rings. The Kier molecular flexibility index (Phi) is 6.30. The number of hydrogen-bond donors (Lipinski definition) is 1. The van der Waals surface area contributed by atoms with E-state index in [0.29, 0.717) is 6.54 Å². The van der Waals surface area contributed by atoms with Crippen LogP contribution in [0.1, 0.15) is 18.4 Å². The minimum absolute atomic E-state index is 0.583. The highest BCUT2D eigenvalue weighted by Gasteiger charge is 2.11. The summed E-state index contributed by atoms with van der Waals surface area (Å²) in [5.41, 5.74) is 6.71. The van der Waals surface area contributed by atoms with Gasteiger partial charge in [0.25, 0.3) is 0 Å². The molecule has 112 valence electrons. The zero-order valence-corrected chi connectivity index (χ0v) is 12.6. The fraction of sp³-hybridized carbons (Fsp3) is 0.625. The number of likely N-dealkylation sites (N-methyl/N-ethyl adjacent to an activating group) is 1. The number of ether oxygens (including phenoxy) is 1. The third-order valence-electron chi connectivity index (χ3n) is 3.90. The third-order valence-corrected chi connectivity index (χ3v) is 3.90. The molecule has 1 aromatic carbocycles. The molecular weight excluding hydrogens is 250 g/mol. The van der Waals surface area contributed by atoms with Gasteiger partial charge < -0.3 is 20.3 Å². The molecule has 1 saturated heterocycles. The summed E-state index contributed by atoms with van der Waals surface area (Å²) in [6, 6.07) is 8.03. The van der Waals surface area contributed by atoms with Crippen molar-refractivity contribution in [2.45, 2.75) is 19.4 Å². The number of nitrogens with zero attached hydrogens (tertiary/aromatic N) is 2. The quantitative estimate of drug-likeness (QED) is 0.783. The SMILES string of the molecule is CN(CCOc1ccc(CN)cc1)CCN1CCCC1. The summed E-state index contributed by atoms with van der Waals surface area (Å²) >= 11 is 0. The van der Waals surface area contributed by atoms with Crippen LogP contribution < -0.4 is 10.5 Å². The minimum Gasteiger partial charge on any atom is -0.492 e. The molecule has 2 N–H and O–H groups in total. The van der Waals surface area contributed by atoms with E-state index < -0.39 is 0 Å². The second kappa shape index (κ2) is 8.25. The zero-order chi connectivity index (χ0) is 14.2. The lowest BCUT2D eigenvalue weighted by atomic mass is 10.2. The lowest BCUT2D eigenvalue weighted by molar-refractivity contribution is 0.213. The van der Waals surface area contributed by atoms with E-state index in [1.165, 1.54) is 32.5 Å². The van der Waals surface area contributed by atoms with E-state index in [-0.39, 0.29) is 0 Å². The molecule has 1 heterocycles. The Balaban J connectivity index is 1.59. The van der Waals surface area contributed by atoms with Crippen molar-refractivity contribution >= 4 is 0 Å². The highest BCUT2D eigenvalue weighted by molar-refractivity contribution is 5.27. The molecule has 0 aliphatic carbocycles. The Morgan fingerprint density at radius 1 is 1.15 bits per heavy atom. The van der Waals surface area contributed by atoms with Crippen molar-refractivity contribution in [3.8, 4) is 5.75 Å². The second-order valence-corrected chi connectivity index (χ2v) is 5.55. The minimum atomic E-state index is 0.583. The van der Waals surface area contributed by atoms with Gasteiger partial charge in [0.05, 0.1) is 0 Å². The summed E-state index contributed by atoms with van der Waals surface area (Å²) in [5, 5.41) is 0. The van der Waals surface area contributed by atoms with Gasteiger partial charge in [-0.25, -0.2) is 0 Å². The van der Waals surface area contributed by atoms with Gasteiger partial charge in [-0.3, -0.25) is 0 Å². The molecule has 20 heavy (non-hydrogen) atoms. The molecule has 0 saturated carbocycles. The van der Waals surface area contributed by atoms with Gasteiger partial charge >= 0.3 is 0 Å². The largest absolute Gasteiger partial charge is 0.492 e. The van der Waals surface area contributed by atoms with Gasteiger partial charge in [0.2, 0.25) is 0 Å². The van der Waals surface area contributed by atoms with Gasteiger partial charge in [-0.15, -0.1) is 0 Å². The summed E-state index contributed by atoms with van der Waals surface area (Å²) in [7, 11) is 2.16. The second-order valence-electron chi connectivity index (χ2n) is 5.55. The van der Waals surface area contributed by atoms with Crippen LogP contribution in [0.4, 0.5) is 0 Å². The fourth-order valence-corrected chi connectivity index (χ4v) is 2.47. The van der Waals surface area contributed by atoms with Crippen LogP contribution in [-0.4, -0.2) is 56.2 Å². The first kappa shape index (κ1) is 15.3. The van der Waals surface area contributed by atoms with Crippen LogP contribution >= 0.6 is 0 Å². The molecule has 0 amide bonds. The van der Waals surface area contributed by atoms with Crippen molar-refractivity contribution in [1.82, 2.24) is 9.80 Å². The monoisotopic (exact) mass is 277 g/mol. The number of rotatable bonds is 8. The summed E-state index contributed by atoms with van der Waals surface area (Å²) < 4.78 is 5.75. The molecule has 0 radical (unpaired) electrons. The molecule has 1 aliphatic heterocycles. The average molecular weight is 277 g/mol. The van der Waals surface area contributed by atoms with E-state index in [0.717, 1.165) is 31.0 Å². The topological polar surface area (TPSA) is 41.7 Å². The number of likely N-dealkylation sites (tertiary alicyclic amines) is 1. The molecule has 0 unspecified atom stereocenters. The van der Waals surface area contributed by atoms with Crippen LogP contribution in [0.3, 0.4) is 0 Å². The first-order valence-electron chi connectivity index (χ1n) is 7.60. The molecule has 1 aliphatic rings. The van der Waals surface area contributed by atoms with Gasteiger partial charge in [0.15, 0.2) is 0 Å². The number of benzene rings is 1. The lowest BCUT2D eigenvalue weighted by Crippen LogP contribution is -2.33. The van der Waals surface area contributed by atoms with Crippen molar-refractivity contribution in [2.24, 2.45) is 5.73 Å². The molecule has 2 rings (SSSR count). The Hall–Kier alpha value is -1.10. The maximum absolute atomic E-state index is 5.75. The third kappa shape index (κ3) is 5.12. The molecule has 0 atom stereocenters. The Labute approximate surface area is 122 Å². The van der Waals surface area contributed by atoms with Crippen LogP contribution in [0.5, 0.6) is 5.75 Å². The summed E-state index contributed by atoms with van der Waals surface area (Å²) in [5.74, 6) is 0.926. The predicted molar refractivity (Wildman–Crippen MR) is 83.0 cm³/mol. The molecule has 0 bridgehead atoms. The number of hydrogen-bond acceptors (Lipinski definition) is 4. The van der Waals surface area contributed by atoms with E-state index >= 15 is 0 Å². The molecular formula is C16H27N3O. The summed E-state index contributed by atoms with van der Waals surface area (Å²) in [4.78, 5) is 4.88.